The third kappa shape index (κ3) is 3.29. The number of nitrogens with zero attached hydrogens (tertiary/aromatic N) is 1. The van der Waals surface area contributed by atoms with Gasteiger partial charge in [-0.15, -0.1) is 0 Å². The van der Waals surface area contributed by atoms with Crippen LogP contribution in [0.2, 0.25) is 0 Å². The molecule has 2 rings (SSSR count). The quantitative estimate of drug-likeness (QED) is 0.788. The van der Waals surface area contributed by atoms with Crippen molar-refractivity contribution in [2.45, 2.75) is 26.2 Å². The van der Waals surface area contributed by atoms with E-state index in [0.717, 1.165) is 0 Å². The number of hydrogen-bond acceptors (Lipinski definition) is 5. The Hall–Kier alpha value is -2.33. The minimum atomic E-state index is -0.769. The Bertz CT molecular complexity index is 781. The Labute approximate surface area is 147 Å². The minimum Gasteiger partial charge on any atom is -0.463 e. The minimum absolute atomic E-state index is 0.0622. The number of nitrogens with two attached hydrogens (primary N) is 1. The molecule has 0 aromatic heterocycles. The first-order valence-corrected chi connectivity index (χ1v) is 8.16. The summed E-state index contributed by atoms with van der Waals surface area (Å²) in [6.07, 6.45) is 0.395. The van der Waals surface area contributed by atoms with Gasteiger partial charge in [0.15, 0.2) is 0 Å². The van der Waals surface area contributed by atoms with Crippen LogP contribution in [0, 0.1) is 17.1 Å². The van der Waals surface area contributed by atoms with Crippen LogP contribution in [0.3, 0.4) is 0 Å². The van der Waals surface area contributed by atoms with Gasteiger partial charge in [0, 0.05) is 6.42 Å². The molecule has 0 fully saturated rings. The van der Waals surface area contributed by atoms with Crippen LogP contribution in [0.4, 0.5) is 4.39 Å². The Morgan fingerprint density at radius 2 is 2.21 bits per heavy atom. The largest absolute Gasteiger partial charge is 0.463 e. The topological polar surface area (TPSA) is 85.3 Å². The first-order valence-electron chi connectivity index (χ1n) is 7.37. The number of hydrogen-bond donors (Lipinski definition) is 1. The predicted octanol–water partition coefficient (Wildman–Crippen LogP) is 3.62. The van der Waals surface area contributed by atoms with Gasteiger partial charge in [-0.05, 0) is 40.5 Å². The number of esters is 1. The lowest BCUT2D eigenvalue weighted by molar-refractivity contribution is -0.139. The fourth-order valence-electron chi connectivity index (χ4n) is 2.54. The number of carbonyl (C=O) groups excluding carboxylic acids is 1. The molecule has 1 aromatic rings. The van der Waals surface area contributed by atoms with Crippen molar-refractivity contribution in [3.63, 3.8) is 0 Å². The van der Waals surface area contributed by atoms with Gasteiger partial charge in [0.25, 0.3) is 0 Å². The van der Waals surface area contributed by atoms with Crippen molar-refractivity contribution < 1.29 is 18.7 Å². The molecule has 5 nitrogen and oxygen atoms in total. The maximum absolute atomic E-state index is 13.6. The van der Waals surface area contributed by atoms with Crippen LogP contribution >= 0.6 is 15.9 Å². The van der Waals surface area contributed by atoms with E-state index in [1.54, 1.807) is 13.8 Å². The lowest BCUT2D eigenvalue weighted by atomic mass is 9.82. The summed E-state index contributed by atoms with van der Waals surface area (Å²) >= 11 is 3.12. The third-order valence-corrected chi connectivity index (χ3v) is 4.20. The lowest BCUT2D eigenvalue weighted by Crippen LogP contribution is -2.26. The maximum atomic E-state index is 13.6. The molecule has 0 aliphatic carbocycles. The van der Waals surface area contributed by atoms with Gasteiger partial charge >= 0.3 is 5.97 Å². The van der Waals surface area contributed by atoms with Crippen LogP contribution in [0.5, 0.6) is 0 Å². The monoisotopic (exact) mass is 394 g/mol. The van der Waals surface area contributed by atoms with Gasteiger partial charge in [-0.3, -0.25) is 0 Å². The van der Waals surface area contributed by atoms with E-state index in [9.17, 15) is 14.4 Å². The zero-order chi connectivity index (χ0) is 17.9. The second-order valence-electron chi connectivity index (χ2n) is 5.01. The van der Waals surface area contributed by atoms with Crippen LogP contribution in [0.25, 0.3) is 0 Å². The molecule has 0 unspecified atom stereocenters. The molecule has 1 heterocycles. The molecule has 1 aliphatic rings. The zero-order valence-corrected chi connectivity index (χ0v) is 14.8. The molecule has 24 heavy (non-hydrogen) atoms. The Morgan fingerprint density at radius 3 is 2.75 bits per heavy atom. The van der Waals surface area contributed by atoms with E-state index in [4.69, 9.17) is 15.2 Å². The van der Waals surface area contributed by atoms with Crippen LogP contribution in [0.1, 0.15) is 31.7 Å². The fraction of sp³-hybridized carbons (Fsp3) is 0.294. The first kappa shape index (κ1) is 18.0. The van der Waals surface area contributed by atoms with Gasteiger partial charge < -0.3 is 15.2 Å². The zero-order valence-electron chi connectivity index (χ0n) is 13.2. The van der Waals surface area contributed by atoms with Crippen LogP contribution in [-0.2, 0) is 14.3 Å². The summed E-state index contributed by atoms with van der Waals surface area (Å²) in [5.41, 5.74) is 6.70. The highest BCUT2D eigenvalue weighted by Crippen LogP contribution is 2.41. The first-order chi connectivity index (χ1) is 11.4. The Balaban J connectivity index is 2.68. The van der Waals surface area contributed by atoms with E-state index >= 15 is 0 Å². The molecule has 0 saturated carbocycles. The van der Waals surface area contributed by atoms with Crippen molar-refractivity contribution >= 4 is 21.9 Å². The number of carbonyl (C=O) groups is 1. The van der Waals surface area contributed by atoms with Gasteiger partial charge in [0.05, 0.1) is 22.6 Å². The summed E-state index contributed by atoms with van der Waals surface area (Å²) in [4.78, 5) is 12.5. The summed E-state index contributed by atoms with van der Waals surface area (Å²) < 4.78 is 24.4. The van der Waals surface area contributed by atoms with Gasteiger partial charge in [0.1, 0.15) is 23.2 Å². The Morgan fingerprint density at radius 1 is 1.50 bits per heavy atom. The standard InChI is InChI=1S/C17H16BrFN2O3/c1-3-13-15(17(22)23-4-2)14(10(8-20)16(21)24-13)9-5-6-12(19)11(18)7-9/h5-7,14H,3-4,21H2,1-2H3/t14-/m0/s1. The maximum Gasteiger partial charge on any atom is 0.338 e. The number of ether oxygens (including phenoxy) is 2. The van der Waals surface area contributed by atoms with Crippen molar-refractivity contribution in [3.05, 3.63) is 56.8 Å². The molecule has 126 valence electrons. The van der Waals surface area contributed by atoms with Crippen molar-refractivity contribution in [2.24, 2.45) is 5.73 Å². The number of benzene rings is 1. The van der Waals surface area contributed by atoms with Gasteiger partial charge in [0.2, 0.25) is 5.88 Å². The molecule has 1 atom stereocenters. The molecule has 1 aromatic carbocycles. The molecule has 0 radical (unpaired) electrons. The van der Waals surface area contributed by atoms with Crippen LogP contribution in [-0.4, -0.2) is 12.6 Å². The SMILES string of the molecule is CCOC(=O)C1=C(CC)OC(N)=C(C#N)[C@@H]1c1ccc(F)c(Br)c1. The summed E-state index contributed by atoms with van der Waals surface area (Å²) in [5, 5.41) is 9.48. The molecule has 2 N–H and O–H groups in total. The van der Waals surface area contributed by atoms with E-state index in [0.29, 0.717) is 17.7 Å². The normalized spacial score (nSPS) is 17.4. The molecular formula is C17H16BrFN2O3. The highest BCUT2D eigenvalue weighted by Gasteiger charge is 2.37. The second-order valence-corrected chi connectivity index (χ2v) is 5.86. The van der Waals surface area contributed by atoms with Gasteiger partial charge in [-0.2, -0.15) is 5.26 Å². The summed E-state index contributed by atoms with van der Waals surface area (Å²) in [7, 11) is 0. The second kappa shape index (κ2) is 7.49. The summed E-state index contributed by atoms with van der Waals surface area (Å²) in [6.45, 7) is 3.67. The van der Waals surface area contributed by atoms with E-state index in [-0.39, 0.29) is 28.1 Å². The van der Waals surface area contributed by atoms with Crippen LogP contribution < -0.4 is 5.73 Å². The van der Waals surface area contributed by atoms with Crippen molar-refractivity contribution in [2.75, 3.05) is 6.61 Å². The number of rotatable bonds is 4. The fourth-order valence-corrected chi connectivity index (χ4v) is 2.93. The van der Waals surface area contributed by atoms with Crippen LogP contribution in [0.15, 0.2) is 45.5 Å². The average molecular weight is 395 g/mol. The molecule has 0 amide bonds. The molecular weight excluding hydrogens is 379 g/mol. The molecule has 1 aliphatic heterocycles. The van der Waals surface area contributed by atoms with E-state index in [2.05, 4.69) is 15.9 Å². The van der Waals surface area contributed by atoms with Gasteiger partial charge in [-0.25, -0.2) is 9.18 Å². The smallest absolute Gasteiger partial charge is 0.338 e. The highest BCUT2D eigenvalue weighted by atomic mass is 79.9. The van der Waals surface area contributed by atoms with E-state index < -0.39 is 17.7 Å². The van der Waals surface area contributed by atoms with Crippen molar-refractivity contribution in [1.29, 1.82) is 5.26 Å². The van der Waals surface area contributed by atoms with E-state index in [1.807, 2.05) is 6.07 Å². The number of allylic oxidation sites excluding steroid dienone is 2. The van der Waals surface area contributed by atoms with Gasteiger partial charge in [-0.1, -0.05) is 13.0 Å². The number of nitriles is 1. The van der Waals surface area contributed by atoms with Crippen molar-refractivity contribution in [1.82, 2.24) is 0 Å². The third-order valence-electron chi connectivity index (χ3n) is 3.59. The molecule has 0 saturated heterocycles. The summed E-state index contributed by atoms with van der Waals surface area (Å²) in [6, 6.07) is 6.27. The molecule has 0 bridgehead atoms. The lowest BCUT2D eigenvalue weighted by Gasteiger charge is -2.27. The molecule has 0 spiro atoms. The number of halogens is 2. The predicted molar refractivity (Wildman–Crippen MR) is 88.7 cm³/mol. The Kier molecular flexibility index (Phi) is 5.62. The van der Waals surface area contributed by atoms with Crippen molar-refractivity contribution in [3.8, 4) is 6.07 Å². The van der Waals surface area contributed by atoms with E-state index in [1.165, 1.54) is 18.2 Å². The summed E-state index contributed by atoms with van der Waals surface area (Å²) in [5.74, 6) is -1.52. The highest BCUT2D eigenvalue weighted by molar-refractivity contribution is 9.10. The molecule has 7 heteroatoms. The average Bonchev–Trinajstić information content (AvgIpc) is 2.56.